The number of aromatic carboxylic acids is 1. The summed E-state index contributed by atoms with van der Waals surface area (Å²) in [6.07, 6.45) is 1.44. The van der Waals surface area contributed by atoms with Crippen molar-refractivity contribution in [2.45, 2.75) is 0 Å². The maximum absolute atomic E-state index is 12.2. The van der Waals surface area contributed by atoms with Gasteiger partial charge in [0.1, 0.15) is 5.82 Å². The molecule has 0 aliphatic rings. The Bertz CT molecular complexity index is 786. The van der Waals surface area contributed by atoms with E-state index in [-0.39, 0.29) is 21.8 Å². The number of aromatic nitrogens is 1. The zero-order valence-corrected chi connectivity index (χ0v) is 11.7. The molecule has 0 bridgehead atoms. The molecule has 0 atom stereocenters. The Kier molecular flexibility index (Phi) is 4.04. The largest absolute Gasteiger partial charge is 0.478 e. The number of hydrogen-bond acceptors (Lipinski definition) is 4. The van der Waals surface area contributed by atoms with E-state index in [0.29, 0.717) is 0 Å². The van der Waals surface area contributed by atoms with E-state index in [0.717, 1.165) is 0 Å². The Morgan fingerprint density at radius 1 is 1.10 bits per heavy atom. The van der Waals surface area contributed by atoms with Gasteiger partial charge in [0.05, 0.1) is 10.5 Å². The molecule has 2 N–H and O–H groups in total. The summed E-state index contributed by atoms with van der Waals surface area (Å²) in [6, 6.07) is 10.5. The molecule has 1 heterocycles. The van der Waals surface area contributed by atoms with Crippen molar-refractivity contribution in [2.75, 3.05) is 4.72 Å². The number of nitrogens with one attached hydrogen (secondary N) is 1. The molecular weight excluding hydrogens is 292 g/mol. The fraction of sp³-hybridized carbons (Fsp3) is 0. The van der Waals surface area contributed by atoms with E-state index in [9.17, 15) is 13.2 Å². The Hall–Kier alpha value is -2.67. The van der Waals surface area contributed by atoms with Crippen LogP contribution in [0, 0.1) is 0 Å². The molecule has 0 amide bonds. The summed E-state index contributed by atoms with van der Waals surface area (Å²) in [4.78, 5) is 14.7. The molecule has 0 spiro atoms. The van der Waals surface area contributed by atoms with Crippen LogP contribution >= 0.6 is 0 Å². The van der Waals surface area contributed by atoms with E-state index in [1.165, 1.54) is 30.5 Å². The first-order valence-electron chi connectivity index (χ1n) is 5.87. The molecule has 2 aromatic rings. The number of benzene rings is 1. The Morgan fingerprint density at radius 2 is 1.71 bits per heavy atom. The molecule has 0 aliphatic carbocycles. The van der Waals surface area contributed by atoms with Gasteiger partial charge in [-0.05, 0) is 18.2 Å². The summed E-state index contributed by atoms with van der Waals surface area (Å²) < 4.78 is 26.7. The van der Waals surface area contributed by atoms with Gasteiger partial charge < -0.3 is 5.11 Å². The van der Waals surface area contributed by atoms with Crippen LogP contribution in [0.25, 0.3) is 4.91 Å². The van der Waals surface area contributed by atoms with Crippen molar-refractivity contribution >= 4 is 26.7 Å². The molecule has 108 valence electrons. The molecule has 1 aromatic carbocycles. The van der Waals surface area contributed by atoms with E-state index in [4.69, 9.17) is 5.11 Å². The molecule has 7 heteroatoms. The summed E-state index contributed by atoms with van der Waals surface area (Å²) in [5.74, 6) is -1.09. The minimum Gasteiger partial charge on any atom is -0.478 e. The van der Waals surface area contributed by atoms with Crippen molar-refractivity contribution in [3.8, 4) is 0 Å². The van der Waals surface area contributed by atoms with Crippen molar-refractivity contribution in [1.29, 1.82) is 0 Å². The summed E-state index contributed by atoms with van der Waals surface area (Å²) in [5.41, 5.74) is -0.0951. The number of carbonyl (C=O) groups is 1. The third kappa shape index (κ3) is 3.26. The van der Waals surface area contributed by atoms with Gasteiger partial charge in [-0.1, -0.05) is 30.8 Å². The van der Waals surface area contributed by atoms with Gasteiger partial charge in [-0.25, -0.2) is 18.2 Å². The first-order valence-corrected chi connectivity index (χ1v) is 7.35. The highest BCUT2D eigenvalue weighted by molar-refractivity contribution is 8.01. The van der Waals surface area contributed by atoms with Gasteiger partial charge in [0.25, 0.3) is 10.0 Å². The lowest BCUT2D eigenvalue weighted by Gasteiger charge is -2.11. The predicted octanol–water partition coefficient (Wildman–Crippen LogP) is 2.19. The zero-order chi connectivity index (χ0) is 15.5. The smallest absolute Gasteiger partial charge is 0.336 e. The average molecular weight is 304 g/mol. The molecule has 21 heavy (non-hydrogen) atoms. The standard InChI is InChI=1S/C14H12N2O4S/c1-10(11-6-2-3-7-12(11)14(17)18)21(19,20)16-13-8-4-5-9-15-13/h2-9H,1H2,(H,15,16)(H,17,18). The molecule has 0 saturated carbocycles. The lowest BCUT2D eigenvalue weighted by atomic mass is 10.1. The number of nitrogens with zero attached hydrogens (tertiary/aromatic N) is 1. The lowest BCUT2D eigenvalue weighted by molar-refractivity contribution is 0.0696. The summed E-state index contributed by atoms with van der Waals surface area (Å²) in [5, 5.41) is 9.10. The van der Waals surface area contributed by atoms with Crippen LogP contribution < -0.4 is 4.72 Å². The topological polar surface area (TPSA) is 96.4 Å². The SMILES string of the molecule is C=C(c1ccccc1C(=O)O)S(=O)(=O)Nc1ccccn1. The Labute approximate surface area is 121 Å². The second-order valence-electron chi connectivity index (χ2n) is 4.09. The first-order chi connectivity index (χ1) is 9.92. The second-order valence-corrected chi connectivity index (χ2v) is 5.80. The van der Waals surface area contributed by atoms with Crippen LogP contribution in [-0.2, 0) is 10.0 Å². The van der Waals surface area contributed by atoms with Gasteiger partial charge in [0.15, 0.2) is 0 Å². The number of anilines is 1. The van der Waals surface area contributed by atoms with Gasteiger partial charge in [-0.3, -0.25) is 4.72 Å². The summed E-state index contributed by atoms with van der Waals surface area (Å²) >= 11 is 0. The zero-order valence-electron chi connectivity index (χ0n) is 10.9. The van der Waals surface area contributed by atoms with E-state index in [1.807, 2.05) is 0 Å². The Morgan fingerprint density at radius 3 is 2.29 bits per heavy atom. The van der Waals surface area contributed by atoms with Gasteiger partial charge in [0, 0.05) is 11.8 Å². The van der Waals surface area contributed by atoms with Gasteiger partial charge in [-0.2, -0.15) is 0 Å². The van der Waals surface area contributed by atoms with Crippen molar-refractivity contribution in [2.24, 2.45) is 0 Å². The van der Waals surface area contributed by atoms with Crippen LogP contribution in [0.3, 0.4) is 0 Å². The summed E-state index contributed by atoms with van der Waals surface area (Å²) in [7, 11) is -3.99. The Balaban J connectivity index is 2.38. The predicted molar refractivity (Wildman–Crippen MR) is 79.2 cm³/mol. The first kappa shape index (κ1) is 14.7. The number of sulfonamides is 1. The molecule has 1 aromatic heterocycles. The molecule has 0 fully saturated rings. The van der Waals surface area contributed by atoms with Crippen molar-refractivity contribution in [3.05, 3.63) is 66.4 Å². The molecule has 0 aliphatic heterocycles. The molecule has 0 radical (unpaired) electrons. The van der Waals surface area contributed by atoms with Crippen molar-refractivity contribution < 1.29 is 18.3 Å². The van der Waals surface area contributed by atoms with Gasteiger partial charge in [-0.15, -0.1) is 0 Å². The fourth-order valence-corrected chi connectivity index (χ4v) is 2.67. The normalized spacial score (nSPS) is 10.9. The van der Waals surface area contributed by atoms with Gasteiger partial charge in [0.2, 0.25) is 0 Å². The fourth-order valence-electron chi connectivity index (χ4n) is 1.68. The minimum atomic E-state index is -3.99. The maximum atomic E-state index is 12.2. The highest BCUT2D eigenvalue weighted by Gasteiger charge is 2.22. The number of pyridine rings is 1. The highest BCUT2D eigenvalue weighted by Crippen LogP contribution is 2.24. The maximum Gasteiger partial charge on any atom is 0.336 e. The lowest BCUT2D eigenvalue weighted by Crippen LogP contribution is -2.16. The molecule has 0 saturated heterocycles. The van der Waals surface area contributed by atoms with Crippen LogP contribution in [0.2, 0.25) is 0 Å². The van der Waals surface area contributed by atoms with E-state index in [1.54, 1.807) is 18.2 Å². The van der Waals surface area contributed by atoms with Crippen LogP contribution in [0.15, 0.2) is 55.2 Å². The molecular formula is C14H12N2O4S. The monoisotopic (exact) mass is 304 g/mol. The van der Waals surface area contributed by atoms with E-state index in [2.05, 4.69) is 16.3 Å². The van der Waals surface area contributed by atoms with E-state index >= 15 is 0 Å². The third-order valence-electron chi connectivity index (χ3n) is 2.69. The van der Waals surface area contributed by atoms with Crippen LogP contribution in [-0.4, -0.2) is 24.5 Å². The third-order valence-corrected chi connectivity index (χ3v) is 4.03. The van der Waals surface area contributed by atoms with Crippen molar-refractivity contribution in [3.63, 3.8) is 0 Å². The minimum absolute atomic E-state index is 0.0356. The highest BCUT2D eigenvalue weighted by atomic mass is 32.2. The second kappa shape index (κ2) is 5.76. The van der Waals surface area contributed by atoms with Crippen LogP contribution in [0.1, 0.15) is 15.9 Å². The molecule has 2 rings (SSSR count). The van der Waals surface area contributed by atoms with Crippen LogP contribution in [0.4, 0.5) is 5.82 Å². The summed E-state index contributed by atoms with van der Waals surface area (Å²) in [6.45, 7) is 3.49. The number of carboxylic acid groups (broad SMARTS) is 1. The number of hydrogen-bond donors (Lipinski definition) is 2. The van der Waals surface area contributed by atoms with Gasteiger partial charge >= 0.3 is 5.97 Å². The van der Waals surface area contributed by atoms with Crippen LogP contribution in [0.5, 0.6) is 0 Å². The molecule has 0 unspecified atom stereocenters. The number of rotatable bonds is 5. The molecule has 6 nitrogen and oxygen atoms in total. The van der Waals surface area contributed by atoms with E-state index < -0.39 is 16.0 Å². The number of carboxylic acids is 1. The average Bonchev–Trinajstić information content (AvgIpc) is 2.47. The quantitative estimate of drug-likeness (QED) is 0.882. The van der Waals surface area contributed by atoms with Crippen molar-refractivity contribution in [1.82, 2.24) is 4.98 Å².